The van der Waals surface area contributed by atoms with Crippen molar-refractivity contribution in [3.05, 3.63) is 0 Å². The Balaban J connectivity index is 0.00000121. The molecule has 1 aliphatic carbocycles. The minimum Gasteiger partial charge on any atom is -0.480 e. The second-order valence-electron chi connectivity index (χ2n) is 2.75. The van der Waals surface area contributed by atoms with E-state index in [-0.39, 0.29) is 35.2 Å². The Morgan fingerprint density at radius 2 is 1.50 bits per heavy atom. The van der Waals surface area contributed by atoms with Crippen LogP contribution in [-0.4, -0.2) is 33.4 Å². The molecule has 1 aliphatic rings. The van der Waals surface area contributed by atoms with Gasteiger partial charge in [0, 0.05) is 35.2 Å². The Labute approximate surface area is 83.9 Å². The first-order chi connectivity index (χ1) is 4.99. The van der Waals surface area contributed by atoms with Crippen LogP contribution in [-0.2, 0) is 32.0 Å². The molecule has 0 spiro atoms. The maximum absolute atomic E-state index is 10.4. The molecule has 0 aromatic heterocycles. The predicted octanol–water partition coefficient (Wildman–Crippen LogP) is -0.706. The van der Waals surface area contributed by atoms with E-state index in [4.69, 9.17) is 15.3 Å². The van der Waals surface area contributed by atoms with Crippen LogP contribution in [0.5, 0.6) is 0 Å². The molecule has 0 amide bonds. The minimum absolute atomic E-state index is 0. The second kappa shape index (κ2) is 3.57. The van der Waals surface area contributed by atoms with E-state index >= 15 is 0 Å². The molecule has 0 bridgehead atoms. The molecule has 0 aliphatic heterocycles. The molecule has 0 heterocycles. The van der Waals surface area contributed by atoms with Crippen LogP contribution < -0.4 is 0 Å². The average molecular weight is 268 g/mol. The topological polar surface area (TPSA) is 94.8 Å². The third-order valence-corrected chi connectivity index (χ3v) is 1.99. The van der Waals surface area contributed by atoms with Crippen molar-refractivity contribution in [3.63, 3.8) is 0 Å². The van der Waals surface area contributed by atoms with Crippen LogP contribution in [0.3, 0.4) is 0 Å². The van der Waals surface area contributed by atoms with Gasteiger partial charge in [-0.05, 0) is 0 Å². The molecular formula is C6H8AgO5. The van der Waals surface area contributed by atoms with Crippen molar-refractivity contribution in [3.8, 4) is 0 Å². The normalized spacial score (nSPS) is 20.4. The number of aliphatic hydroxyl groups excluding tert-OH is 1. The van der Waals surface area contributed by atoms with Crippen LogP contribution in [0, 0.1) is 5.41 Å². The van der Waals surface area contributed by atoms with Gasteiger partial charge in [0.2, 0.25) is 0 Å². The molecule has 12 heavy (non-hydrogen) atoms. The molecule has 0 unspecified atom stereocenters. The zero-order valence-corrected chi connectivity index (χ0v) is 7.43. The Morgan fingerprint density at radius 1 is 1.17 bits per heavy atom. The molecule has 6 heteroatoms. The smallest absolute Gasteiger partial charge is 0.321 e. The van der Waals surface area contributed by atoms with E-state index in [1.165, 1.54) is 0 Å². The van der Waals surface area contributed by atoms with Crippen molar-refractivity contribution in [2.45, 2.75) is 18.9 Å². The number of carboxylic acids is 2. The van der Waals surface area contributed by atoms with Gasteiger partial charge in [0.05, 0.1) is 6.10 Å². The van der Waals surface area contributed by atoms with E-state index in [2.05, 4.69) is 0 Å². The number of hydrogen-bond donors (Lipinski definition) is 3. The van der Waals surface area contributed by atoms with Gasteiger partial charge in [-0.1, -0.05) is 0 Å². The molecule has 0 saturated heterocycles. The minimum atomic E-state index is -1.72. The van der Waals surface area contributed by atoms with E-state index in [1.807, 2.05) is 0 Å². The largest absolute Gasteiger partial charge is 0.480 e. The predicted molar refractivity (Wildman–Crippen MR) is 32.9 cm³/mol. The Kier molecular flexibility index (Phi) is 3.46. The first kappa shape index (κ1) is 11.6. The molecular weight excluding hydrogens is 260 g/mol. The molecule has 5 nitrogen and oxygen atoms in total. The average Bonchev–Trinajstić information content (AvgIpc) is 1.78. The second-order valence-corrected chi connectivity index (χ2v) is 2.75. The zero-order chi connectivity index (χ0) is 8.65. The van der Waals surface area contributed by atoms with Crippen molar-refractivity contribution in [1.82, 2.24) is 0 Å². The van der Waals surface area contributed by atoms with Crippen LogP contribution in [0.4, 0.5) is 0 Å². The van der Waals surface area contributed by atoms with Gasteiger partial charge in [-0.2, -0.15) is 0 Å². The van der Waals surface area contributed by atoms with E-state index in [0.29, 0.717) is 0 Å². The van der Waals surface area contributed by atoms with Gasteiger partial charge in [0.1, 0.15) is 0 Å². The van der Waals surface area contributed by atoms with Crippen LogP contribution in [0.1, 0.15) is 12.8 Å². The number of carbonyl (C=O) groups is 2. The van der Waals surface area contributed by atoms with Crippen molar-refractivity contribution in [1.29, 1.82) is 0 Å². The van der Waals surface area contributed by atoms with Gasteiger partial charge >= 0.3 is 11.9 Å². The van der Waals surface area contributed by atoms with E-state index in [0.717, 1.165) is 0 Å². The fourth-order valence-electron chi connectivity index (χ4n) is 1.19. The number of aliphatic hydroxyl groups is 1. The number of hydrogen-bond acceptors (Lipinski definition) is 3. The molecule has 73 valence electrons. The zero-order valence-electron chi connectivity index (χ0n) is 5.95. The molecule has 3 N–H and O–H groups in total. The third-order valence-electron chi connectivity index (χ3n) is 1.99. The van der Waals surface area contributed by atoms with Gasteiger partial charge in [-0.3, -0.25) is 9.59 Å². The first-order valence-corrected chi connectivity index (χ1v) is 3.14. The SMILES string of the molecule is O=C(O)C1(C(=O)O)CC(O)C1.[Ag]. The van der Waals surface area contributed by atoms with Crippen LogP contribution in [0.25, 0.3) is 0 Å². The van der Waals surface area contributed by atoms with Crippen molar-refractivity contribution < 1.29 is 47.3 Å². The van der Waals surface area contributed by atoms with Gasteiger partial charge in [0.15, 0.2) is 5.41 Å². The summed E-state index contributed by atoms with van der Waals surface area (Å²) in [6.07, 6.45) is -1.14. The monoisotopic (exact) mass is 267 g/mol. The van der Waals surface area contributed by atoms with Gasteiger partial charge in [-0.15, -0.1) is 0 Å². The van der Waals surface area contributed by atoms with Crippen LogP contribution in [0.2, 0.25) is 0 Å². The summed E-state index contributed by atoms with van der Waals surface area (Å²) < 4.78 is 0. The fraction of sp³-hybridized carbons (Fsp3) is 0.667. The molecule has 0 atom stereocenters. The summed E-state index contributed by atoms with van der Waals surface area (Å²) in [4.78, 5) is 20.8. The maximum Gasteiger partial charge on any atom is 0.321 e. The van der Waals surface area contributed by atoms with E-state index in [1.54, 1.807) is 0 Å². The summed E-state index contributed by atoms with van der Waals surface area (Å²) in [6.45, 7) is 0. The number of rotatable bonds is 2. The van der Waals surface area contributed by atoms with Gasteiger partial charge in [-0.25, -0.2) is 0 Å². The molecule has 1 radical (unpaired) electrons. The quantitative estimate of drug-likeness (QED) is 0.454. The standard InChI is InChI=1S/C6H8O5.Ag/c7-3-1-6(2-3,4(8)9)5(10)11;/h3,7H,1-2H2,(H,8,9)(H,10,11);. The number of aliphatic carboxylic acids is 2. The number of carboxylic acid groups (broad SMARTS) is 2. The van der Waals surface area contributed by atoms with Crippen LogP contribution >= 0.6 is 0 Å². The summed E-state index contributed by atoms with van der Waals surface area (Å²) in [7, 11) is 0. The molecule has 1 fully saturated rings. The first-order valence-electron chi connectivity index (χ1n) is 3.14. The van der Waals surface area contributed by atoms with E-state index in [9.17, 15) is 9.59 Å². The van der Waals surface area contributed by atoms with Crippen molar-refractivity contribution in [2.24, 2.45) is 5.41 Å². The Bertz CT molecular complexity index is 192. The van der Waals surface area contributed by atoms with E-state index < -0.39 is 23.5 Å². The molecule has 0 aromatic rings. The summed E-state index contributed by atoms with van der Waals surface area (Å²) in [6, 6.07) is 0. The van der Waals surface area contributed by atoms with Gasteiger partial charge < -0.3 is 15.3 Å². The fourth-order valence-corrected chi connectivity index (χ4v) is 1.19. The van der Waals surface area contributed by atoms with Crippen LogP contribution in [0.15, 0.2) is 0 Å². The van der Waals surface area contributed by atoms with Gasteiger partial charge in [0.25, 0.3) is 0 Å². The Morgan fingerprint density at radius 3 is 1.58 bits per heavy atom. The Hall–Kier alpha value is -0.360. The molecule has 1 rings (SSSR count). The van der Waals surface area contributed by atoms with Crippen molar-refractivity contribution >= 4 is 11.9 Å². The molecule has 0 aromatic carbocycles. The van der Waals surface area contributed by atoms with Crippen molar-refractivity contribution in [2.75, 3.05) is 0 Å². The molecule has 1 saturated carbocycles. The maximum atomic E-state index is 10.4. The third kappa shape index (κ3) is 1.54. The summed E-state index contributed by atoms with van der Waals surface area (Å²) >= 11 is 0. The summed E-state index contributed by atoms with van der Waals surface area (Å²) in [5.74, 6) is -2.73. The summed E-state index contributed by atoms with van der Waals surface area (Å²) in [5, 5.41) is 25.7. The summed E-state index contributed by atoms with van der Waals surface area (Å²) in [5.41, 5.74) is -1.72.